The lowest BCUT2D eigenvalue weighted by Gasteiger charge is -2.18. The highest BCUT2D eigenvalue weighted by atomic mass is 16.4. The number of rotatable bonds is 8. The minimum atomic E-state index is -0.814. The van der Waals surface area contributed by atoms with Gasteiger partial charge in [-0.15, -0.1) is 0 Å². The molecule has 0 radical (unpaired) electrons. The number of likely N-dealkylation sites (tertiary alicyclic amines) is 1. The van der Waals surface area contributed by atoms with Crippen molar-refractivity contribution in [2.75, 3.05) is 13.1 Å². The molecule has 118 valence electrons. The lowest BCUT2D eigenvalue weighted by Crippen LogP contribution is -2.38. The molecule has 2 unspecified atom stereocenters. The molecule has 0 aromatic rings. The Hall–Kier alpha value is -1.59. The normalized spacial score (nSPS) is 23.2. The highest BCUT2D eigenvalue weighted by Gasteiger charge is 2.37. The summed E-state index contributed by atoms with van der Waals surface area (Å²) >= 11 is 0. The largest absolute Gasteiger partial charge is 0.481 e. The van der Waals surface area contributed by atoms with Crippen LogP contribution in [0.4, 0.5) is 0 Å². The van der Waals surface area contributed by atoms with E-state index in [4.69, 9.17) is 5.11 Å². The van der Waals surface area contributed by atoms with Crippen LogP contribution in [0.5, 0.6) is 0 Å². The standard InChI is InChI=1S/C15H24N2O4/c1-10(3-2-4-14(19)20)16-15(21)12-7-13(18)17(9-12)8-11-5-6-11/h10-12H,2-9H2,1H3,(H,16,21)(H,19,20). The molecule has 0 spiro atoms. The minimum absolute atomic E-state index is 0.0514. The van der Waals surface area contributed by atoms with Gasteiger partial charge in [0.15, 0.2) is 0 Å². The molecule has 0 aromatic heterocycles. The van der Waals surface area contributed by atoms with E-state index in [0.29, 0.717) is 31.7 Å². The third-order valence-corrected chi connectivity index (χ3v) is 4.18. The van der Waals surface area contributed by atoms with Crippen molar-refractivity contribution in [3.8, 4) is 0 Å². The second-order valence-corrected chi connectivity index (χ2v) is 6.34. The average Bonchev–Trinajstić information content (AvgIpc) is 3.12. The molecule has 1 aliphatic carbocycles. The van der Waals surface area contributed by atoms with Crippen LogP contribution in [-0.4, -0.2) is 46.9 Å². The molecule has 1 saturated carbocycles. The molecule has 6 nitrogen and oxygen atoms in total. The van der Waals surface area contributed by atoms with Crippen LogP contribution >= 0.6 is 0 Å². The highest BCUT2D eigenvalue weighted by molar-refractivity contribution is 5.89. The molecule has 2 amide bonds. The Kier molecular flexibility index (Phi) is 5.20. The molecule has 1 saturated heterocycles. The van der Waals surface area contributed by atoms with Crippen LogP contribution in [0.15, 0.2) is 0 Å². The molecular weight excluding hydrogens is 272 g/mol. The van der Waals surface area contributed by atoms with Gasteiger partial charge in [-0.2, -0.15) is 0 Å². The van der Waals surface area contributed by atoms with E-state index in [1.165, 1.54) is 12.8 Å². The van der Waals surface area contributed by atoms with E-state index in [1.807, 2.05) is 11.8 Å². The average molecular weight is 296 g/mol. The number of nitrogens with one attached hydrogen (secondary N) is 1. The van der Waals surface area contributed by atoms with Gasteiger partial charge in [0.1, 0.15) is 0 Å². The molecule has 6 heteroatoms. The first kappa shape index (κ1) is 15.8. The first-order valence-electron chi connectivity index (χ1n) is 7.75. The molecule has 21 heavy (non-hydrogen) atoms. The molecule has 0 bridgehead atoms. The van der Waals surface area contributed by atoms with Gasteiger partial charge in [-0.3, -0.25) is 14.4 Å². The van der Waals surface area contributed by atoms with Gasteiger partial charge in [0, 0.05) is 32.0 Å². The molecule has 1 heterocycles. The molecule has 2 fully saturated rings. The number of amides is 2. The summed E-state index contributed by atoms with van der Waals surface area (Å²) in [5.41, 5.74) is 0. The zero-order chi connectivity index (χ0) is 15.4. The highest BCUT2D eigenvalue weighted by Crippen LogP contribution is 2.32. The number of aliphatic carboxylic acids is 1. The lowest BCUT2D eigenvalue weighted by molar-refractivity contribution is -0.137. The van der Waals surface area contributed by atoms with E-state index >= 15 is 0 Å². The Morgan fingerprint density at radius 3 is 2.76 bits per heavy atom. The number of carboxylic acid groups (broad SMARTS) is 1. The second kappa shape index (κ2) is 6.91. The van der Waals surface area contributed by atoms with Crippen molar-refractivity contribution in [1.29, 1.82) is 0 Å². The maximum absolute atomic E-state index is 12.1. The topological polar surface area (TPSA) is 86.7 Å². The summed E-state index contributed by atoms with van der Waals surface area (Å²) in [5, 5.41) is 11.5. The maximum atomic E-state index is 12.1. The van der Waals surface area contributed by atoms with Crippen LogP contribution in [-0.2, 0) is 14.4 Å². The van der Waals surface area contributed by atoms with Gasteiger partial charge < -0.3 is 15.3 Å². The second-order valence-electron chi connectivity index (χ2n) is 6.34. The number of hydrogen-bond donors (Lipinski definition) is 2. The van der Waals surface area contributed by atoms with Crippen LogP contribution in [0.2, 0.25) is 0 Å². The van der Waals surface area contributed by atoms with Crippen molar-refractivity contribution in [2.24, 2.45) is 11.8 Å². The third kappa shape index (κ3) is 5.02. The van der Waals surface area contributed by atoms with Gasteiger partial charge in [-0.25, -0.2) is 0 Å². The lowest BCUT2D eigenvalue weighted by atomic mass is 10.1. The summed E-state index contributed by atoms with van der Waals surface area (Å²) < 4.78 is 0. The van der Waals surface area contributed by atoms with E-state index in [-0.39, 0.29) is 30.2 Å². The number of carbonyl (C=O) groups is 3. The van der Waals surface area contributed by atoms with E-state index in [1.54, 1.807) is 0 Å². The minimum Gasteiger partial charge on any atom is -0.481 e. The molecule has 1 aliphatic heterocycles. The fourth-order valence-electron chi connectivity index (χ4n) is 2.73. The predicted molar refractivity (Wildman–Crippen MR) is 76.5 cm³/mol. The Labute approximate surface area is 124 Å². The molecular formula is C15H24N2O4. The zero-order valence-electron chi connectivity index (χ0n) is 12.5. The van der Waals surface area contributed by atoms with E-state index in [2.05, 4.69) is 5.32 Å². The molecule has 0 aromatic carbocycles. The zero-order valence-corrected chi connectivity index (χ0v) is 12.5. The summed E-state index contributed by atoms with van der Waals surface area (Å²) in [4.78, 5) is 36.3. The summed E-state index contributed by atoms with van der Waals surface area (Å²) in [6.07, 6.45) is 4.01. The smallest absolute Gasteiger partial charge is 0.303 e. The van der Waals surface area contributed by atoms with Crippen molar-refractivity contribution in [3.63, 3.8) is 0 Å². The van der Waals surface area contributed by atoms with Crippen molar-refractivity contribution >= 4 is 17.8 Å². The summed E-state index contributed by atoms with van der Waals surface area (Å²) in [7, 11) is 0. The van der Waals surface area contributed by atoms with Gasteiger partial charge in [0.25, 0.3) is 0 Å². The Morgan fingerprint density at radius 1 is 1.43 bits per heavy atom. The summed E-state index contributed by atoms with van der Waals surface area (Å²) in [6.45, 7) is 3.21. The van der Waals surface area contributed by atoms with Gasteiger partial charge in [-0.1, -0.05) is 0 Å². The van der Waals surface area contributed by atoms with Gasteiger partial charge in [0.2, 0.25) is 11.8 Å². The number of carboxylic acids is 1. The number of carbonyl (C=O) groups excluding carboxylic acids is 2. The Bertz CT molecular complexity index is 420. The predicted octanol–water partition coefficient (Wildman–Crippen LogP) is 1.00. The molecule has 2 atom stereocenters. The molecule has 2 aliphatic rings. The first-order valence-corrected chi connectivity index (χ1v) is 7.75. The van der Waals surface area contributed by atoms with Crippen LogP contribution < -0.4 is 5.32 Å². The van der Waals surface area contributed by atoms with Crippen LogP contribution in [0.1, 0.15) is 45.4 Å². The van der Waals surface area contributed by atoms with E-state index < -0.39 is 5.97 Å². The molecule has 2 N–H and O–H groups in total. The van der Waals surface area contributed by atoms with Crippen molar-refractivity contribution in [2.45, 2.75) is 51.5 Å². The third-order valence-electron chi connectivity index (χ3n) is 4.18. The van der Waals surface area contributed by atoms with E-state index in [0.717, 1.165) is 6.54 Å². The van der Waals surface area contributed by atoms with E-state index in [9.17, 15) is 14.4 Å². The van der Waals surface area contributed by atoms with Gasteiger partial charge >= 0.3 is 5.97 Å². The quantitative estimate of drug-likeness (QED) is 0.699. The number of hydrogen-bond acceptors (Lipinski definition) is 3. The van der Waals surface area contributed by atoms with Gasteiger partial charge in [-0.05, 0) is 38.5 Å². The fraction of sp³-hybridized carbons (Fsp3) is 0.800. The van der Waals surface area contributed by atoms with Crippen LogP contribution in [0, 0.1) is 11.8 Å². The molecule has 2 rings (SSSR count). The van der Waals surface area contributed by atoms with Crippen LogP contribution in [0.3, 0.4) is 0 Å². The van der Waals surface area contributed by atoms with Crippen molar-refractivity contribution in [1.82, 2.24) is 10.2 Å². The van der Waals surface area contributed by atoms with Crippen LogP contribution in [0.25, 0.3) is 0 Å². The fourth-order valence-corrected chi connectivity index (χ4v) is 2.73. The monoisotopic (exact) mass is 296 g/mol. The maximum Gasteiger partial charge on any atom is 0.303 e. The van der Waals surface area contributed by atoms with Crippen molar-refractivity contribution < 1.29 is 19.5 Å². The first-order chi connectivity index (χ1) is 9.95. The Morgan fingerprint density at radius 2 is 2.14 bits per heavy atom. The van der Waals surface area contributed by atoms with Gasteiger partial charge in [0.05, 0.1) is 5.92 Å². The summed E-state index contributed by atoms with van der Waals surface area (Å²) in [6, 6.07) is -0.0514. The summed E-state index contributed by atoms with van der Waals surface area (Å²) in [5.74, 6) is -0.417. The Balaban J connectivity index is 1.70. The van der Waals surface area contributed by atoms with Crippen molar-refractivity contribution in [3.05, 3.63) is 0 Å². The number of nitrogens with zero attached hydrogens (tertiary/aromatic N) is 1. The SMILES string of the molecule is CC(CCCC(=O)O)NC(=O)C1CC(=O)N(CC2CC2)C1.